The predicted octanol–water partition coefficient (Wildman–Crippen LogP) is 6.41. The van der Waals surface area contributed by atoms with Crippen LogP contribution in [0.1, 0.15) is 34.7 Å². The number of methoxy groups -OCH3 is 1. The quantitative estimate of drug-likeness (QED) is 0.438. The Morgan fingerprint density at radius 1 is 1.21 bits per heavy atom. The second kappa shape index (κ2) is 7.10. The third kappa shape index (κ3) is 3.00. The van der Waals surface area contributed by atoms with Gasteiger partial charge in [-0.1, -0.05) is 33.6 Å². The molecular formula is C21H16BrClN2O2S. The Kier molecular flexibility index (Phi) is 4.57. The van der Waals surface area contributed by atoms with E-state index in [9.17, 15) is 0 Å². The molecule has 0 saturated heterocycles. The summed E-state index contributed by atoms with van der Waals surface area (Å²) in [6, 6.07) is 15.9. The molecule has 142 valence electrons. The van der Waals surface area contributed by atoms with Gasteiger partial charge in [0.1, 0.15) is 11.5 Å². The van der Waals surface area contributed by atoms with Crippen LogP contribution in [-0.4, -0.2) is 17.8 Å². The first kappa shape index (κ1) is 18.0. The molecule has 0 aliphatic carbocycles. The highest BCUT2D eigenvalue weighted by Crippen LogP contribution is 2.49. The van der Waals surface area contributed by atoms with Gasteiger partial charge in [-0.15, -0.1) is 11.3 Å². The average molecular weight is 476 g/mol. The molecule has 28 heavy (non-hydrogen) atoms. The zero-order chi connectivity index (χ0) is 19.3. The zero-order valence-electron chi connectivity index (χ0n) is 14.9. The predicted molar refractivity (Wildman–Crippen MR) is 116 cm³/mol. The molecule has 3 heterocycles. The average Bonchev–Trinajstić information content (AvgIpc) is 3.37. The molecule has 1 aromatic heterocycles. The molecule has 0 bridgehead atoms. The van der Waals surface area contributed by atoms with E-state index >= 15 is 0 Å². The van der Waals surface area contributed by atoms with Crippen molar-refractivity contribution in [1.29, 1.82) is 0 Å². The number of hydrogen-bond acceptors (Lipinski definition) is 5. The van der Waals surface area contributed by atoms with E-state index in [0.29, 0.717) is 5.02 Å². The largest absolute Gasteiger partial charge is 0.496 e. The lowest BCUT2D eigenvalue weighted by molar-refractivity contribution is -0.0203. The lowest BCUT2D eigenvalue weighted by Gasteiger charge is -2.38. The number of fused-ring (bicyclic) bond motifs is 3. The van der Waals surface area contributed by atoms with Crippen molar-refractivity contribution in [1.82, 2.24) is 5.01 Å². The van der Waals surface area contributed by atoms with Gasteiger partial charge in [-0.2, -0.15) is 5.10 Å². The number of hydrogen-bond donors (Lipinski definition) is 0. The molecule has 0 radical (unpaired) electrons. The van der Waals surface area contributed by atoms with Crippen LogP contribution in [0.2, 0.25) is 5.02 Å². The van der Waals surface area contributed by atoms with Gasteiger partial charge in [-0.25, -0.2) is 5.01 Å². The maximum Gasteiger partial charge on any atom is 0.217 e. The normalized spacial score (nSPS) is 20.2. The smallest absolute Gasteiger partial charge is 0.217 e. The van der Waals surface area contributed by atoms with E-state index in [0.717, 1.165) is 39.2 Å². The van der Waals surface area contributed by atoms with Crippen molar-refractivity contribution < 1.29 is 9.47 Å². The Hall–Kier alpha value is -2.02. The molecule has 2 atom stereocenters. The first-order valence-electron chi connectivity index (χ1n) is 8.83. The molecule has 2 aromatic carbocycles. The molecule has 0 amide bonds. The summed E-state index contributed by atoms with van der Waals surface area (Å²) in [7, 11) is 1.67. The standard InChI is InChI=1S/C21H16BrClN2O2S/c1-26-18-6-4-12(22)9-15(18)21-25-17(11-16(24-25)20-3-2-8-28-20)14-10-13(23)5-7-19(14)27-21/h2-10,17,21H,11H2,1H3. The zero-order valence-corrected chi connectivity index (χ0v) is 18.1. The van der Waals surface area contributed by atoms with Crippen molar-refractivity contribution in [2.45, 2.75) is 18.7 Å². The monoisotopic (exact) mass is 474 g/mol. The highest BCUT2D eigenvalue weighted by Gasteiger charge is 2.42. The summed E-state index contributed by atoms with van der Waals surface area (Å²) in [6.45, 7) is 0. The molecule has 0 spiro atoms. The number of benzene rings is 2. The number of halogens is 2. The molecule has 0 N–H and O–H groups in total. The minimum atomic E-state index is -0.386. The molecule has 0 saturated carbocycles. The van der Waals surface area contributed by atoms with Crippen molar-refractivity contribution in [2.24, 2.45) is 5.10 Å². The molecular weight excluding hydrogens is 460 g/mol. The summed E-state index contributed by atoms with van der Waals surface area (Å²) in [5.41, 5.74) is 3.06. The van der Waals surface area contributed by atoms with Crippen LogP contribution in [0.4, 0.5) is 0 Å². The summed E-state index contributed by atoms with van der Waals surface area (Å²) in [5.74, 6) is 1.60. The van der Waals surface area contributed by atoms with E-state index in [1.165, 1.54) is 4.88 Å². The van der Waals surface area contributed by atoms with Crippen molar-refractivity contribution in [3.8, 4) is 11.5 Å². The molecule has 2 unspecified atom stereocenters. The second-order valence-electron chi connectivity index (χ2n) is 6.66. The molecule has 2 aliphatic heterocycles. The van der Waals surface area contributed by atoms with E-state index in [-0.39, 0.29) is 12.3 Å². The van der Waals surface area contributed by atoms with Gasteiger partial charge in [0.15, 0.2) is 0 Å². The van der Waals surface area contributed by atoms with Gasteiger partial charge >= 0.3 is 0 Å². The Morgan fingerprint density at radius 3 is 2.89 bits per heavy atom. The van der Waals surface area contributed by atoms with Gasteiger partial charge in [-0.05, 0) is 47.8 Å². The Morgan fingerprint density at radius 2 is 2.11 bits per heavy atom. The van der Waals surface area contributed by atoms with Crippen molar-refractivity contribution >= 4 is 44.6 Å². The van der Waals surface area contributed by atoms with Crippen LogP contribution in [0.25, 0.3) is 0 Å². The molecule has 7 heteroatoms. The van der Waals surface area contributed by atoms with Gasteiger partial charge in [0.2, 0.25) is 6.23 Å². The molecule has 2 aliphatic rings. The van der Waals surface area contributed by atoms with Gasteiger partial charge in [0, 0.05) is 21.5 Å². The van der Waals surface area contributed by atoms with Crippen LogP contribution in [0.5, 0.6) is 11.5 Å². The van der Waals surface area contributed by atoms with Crippen LogP contribution >= 0.6 is 38.9 Å². The summed E-state index contributed by atoms with van der Waals surface area (Å²) < 4.78 is 13.0. The maximum absolute atomic E-state index is 6.41. The molecule has 0 fully saturated rings. The van der Waals surface area contributed by atoms with E-state index in [2.05, 4.69) is 33.4 Å². The van der Waals surface area contributed by atoms with E-state index in [1.807, 2.05) is 41.4 Å². The van der Waals surface area contributed by atoms with E-state index in [1.54, 1.807) is 18.4 Å². The lowest BCUT2D eigenvalue weighted by Crippen LogP contribution is -2.34. The minimum absolute atomic E-state index is 0.0632. The topological polar surface area (TPSA) is 34.1 Å². The number of hydrazone groups is 1. The summed E-state index contributed by atoms with van der Waals surface area (Å²) in [5, 5.41) is 9.78. The first-order valence-corrected chi connectivity index (χ1v) is 10.9. The summed E-state index contributed by atoms with van der Waals surface area (Å²) >= 11 is 11.6. The lowest BCUT2D eigenvalue weighted by atomic mass is 9.97. The van der Waals surface area contributed by atoms with E-state index < -0.39 is 0 Å². The minimum Gasteiger partial charge on any atom is -0.496 e. The van der Waals surface area contributed by atoms with Gasteiger partial charge in [-0.3, -0.25) is 0 Å². The van der Waals surface area contributed by atoms with Crippen LogP contribution in [0.15, 0.2) is 63.5 Å². The third-order valence-electron chi connectivity index (χ3n) is 5.02. The van der Waals surface area contributed by atoms with Gasteiger partial charge in [0.25, 0.3) is 0 Å². The molecule has 5 rings (SSSR count). The highest BCUT2D eigenvalue weighted by molar-refractivity contribution is 9.10. The fraction of sp³-hybridized carbons (Fsp3) is 0.190. The maximum atomic E-state index is 6.41. The molecule has 3 aromatic rings. The van der Waals surface area contributed by atoms with Gasteiger partial charge < -0.3 is 9.47 Å². The van der Waals surface area contributed by atoms with Crippen LogP contribution in [0, 0.1) is 0 Å². The Bertz CT molecular complexity index is 1070. The fourth-order valence-electron chi connectivity index (χ4n) is 3.75. The summed E-state index contributed by atoms with van der Waals surface area (Å²) in [4.78, 5) is 1.18. The van der Waals surface area contributed by atoms with Crippen molar-refractivity contribution in [3.63, 3.8) is 0 Å². The third-order valence-corrected chi connectivity index (χ3v) is 6.66. The first-order chi connectivity index (χ1) is 13.6. The van der Waals surface area contributed by atoms with E-state index in [4.69, 9.17) is 26.2 Å². The summed E-state index contributed by atoms with van der Waals surface area (Å²) in [6.07, 6.45) is 0.424. The Labute approximate surface area is 180 Å². The number of ether oxygens (including phenoxy) is 2. The number of nitrogens with zero attached hydrogens (tertiary/aromatic N) is 2. The highest BCUT2D eigenvalue weighted by atomic mass is 79.9. The SMILES string of the molecule is COc1ccc(Br)cc1C1Oc2ccc(Cl)cc2C2CC(c3cccs3)=NN21. The second-order valence-corrected chi connectivity index (χ2v) is 8.96. The van der Waals surface area contributed by atoms with Crippen LogP contribution in [-0.2, 0) is 0 Å². The number of rotatable bonds is 3. The van der Waals surface area contributed by atoms with Crippen molar-refractivity contribution in [2.75, 3.05) is 7.11 Å². The Balaban J connectivity index is 1.65. The molecule has 4 nitrogen and oxygen atoms in total. The van der Waals surface area contributed by atoms with Crippen molar-refractivity contribution in [3.05, 3.63) is 79.4 Å². The number of thiophene rings is 1. The van der Waals surface area contributed by atoms with Crippen LogP contribution in [0.3, 0.4) is 0 Å². The fourth-order valence-corrected chi connectivity index (χ4v) is 5.03. The van der Waals surface area contributed by atoms with Gasteiger partial charge in [0.05, 0.1) is 29.3 Å². The van der Waals surface area contributed by atoms with Crippen LogP contribution < -0.4 is 9.47 Å².